The van der Waals surface area contributed by atoms with Gasteiger partial charge in [-0.1, -0.05) is 39.8 Å². The number of rotatable bonds is 6. The largest absolute Gasteiger partial charge is 0.380 e. The summed E-state index contributed by atoms with van der Waals surface area (Å²) in [6.07, 6.45) is 0.851. The molecule has 0 unspecified atom stereocenters. The van der Waals surface area contributed by atoms with Gasteiger partial charge in [-0.25, -0.2) is 4.39 Å². The van der Waals surface area contributed by atoms with Gasteiger partial charge in [-0.3, -0.25) is 9.78 Å². The zero-order valence-electron chi connectivity index (χ0n) is 14.9. The summed E-state index contributed by atoms with van der Waals surface area (Å²) in [5, 5.41) is 0. The average Bonchev–Trinajstić information content (AvgIpc) is 2.54. The quantitative estimate of drug-likeness (QED) is 0.693. The number of methoxy groups -OCH3 is 1. The number of pyridine rings is 1. The van der Waals surface area contributed by atoms with E-state index in [4.69, 9.17) is 9.72 Å². The molecule has 0 bridgehead atoms. The molecule has 3 nitrogen and oxygen atoms in total. The Kier molecular flexibility index (Phi) is 5.84. The van der Waals surface area contributed by atoms with Crippen LogP contribution in [0, 0.1) is 5.82 Å². The van der Waals surface area contributed by atoms with Crippen molar-refractivity contribution < 1.29 is 13.9 Å². The molecule has 0 radical (unpaired) electrons. The van der Waals surface area contributed by atoms with Gasteiger partial charge in [0.15, 0.2) is 6.29 Å². The third kappa shape index (κ3) is 3.54. The Hall–Kier alpha value is -2.07. The molecule has 0 atom stereocenters. The fourth-order valence-corrected chi connectivity index (χ4v) is 2.95. The van der Waals surface area contributed by atoms with Crippen LogP contribution in [0.2, 0.25) is 0 Å². The first-order chi connectivity index (χ1) is 11.4. The van der Waals surface area contributed by atoms with Gasteiger partial charge >= 0.3 is 0 Å². The van der Waals surface area contributed by atoms with Gasteiger partial charge in [0.05, 0.1) is 12.3 Å². The standard InChI is InChI=1S/C20H24FNO2/c1-12(2)19-16(10-23)18(14-6-8-15(21)9-7-14)17(11-24-5)20(22-19)13(3)4/h6-10,12-13H,11H2,1-5H3. The molecule has 2 rings (SSSR count). The van der Waals surface area contributed by atoms with E-state index in [1.165, 1.54) is 12.1 Å². The minimum Gasteiger partial charge on any atom is -0.380 e. The van der Waals surface area contributed by atoms with E-state index in [1.807, 2.05) is 13.8 Å². The molecule has 0 saturated carbocycles. The Morgan fingerprint density at radius 3 is 2.12 bits per heavy atom. The van der Waals surface area contributed by atoms with E-state index in [0.717, 1.165) is 34.4 Å². The molecular weight excluding hydrogens is 305 g/mol. The van der Waals surface area contributed by atoms with Gasteiger partial charge in [0.2, 0.25) is 0 Å². The normalized spacial score (nSPS) is 11.3. The highest BCUT2D eigenvalue weighted by Gasteiger charge is 2.23. The maximum atomic E-state index is 13.3. The van der Waals surface area contributed by atoms with Crippen LogP contribution in [0.25, 0.3) is 11.1 Å². The van der Waals surface area contributed by atoms with E-state index in [0.29, 0.717) is 12.2 Å². The molecule has 0 aliphatic carbocycles. The second kappa shape index (κ2) is 7.67. The van der Waals surface area contributed by atoms with Crippen molar-refractivity contribution in [3.63, 3.8) is 0 Å². The summed E-state index contributed by atoms with van der Waals surface area (Å²) in [7, 11) is 1.62. The van der Waals surface area contributed by atoms with Crippen molar-refractivity contribution in [1.82, 2.24) is 4.98 Å². The molecule has 0 aliphatic heterocycles. The van der Waals surface area contributed by atoms with Crippen LogP contribution in [0.5, 0.6) is 0 Å². The van der Waals surface area contributed by atoms with E-state index in [1.54, 1.807) is 19.2 Å². The molecule has 1 aromatic carbocycles. The molecule has 0 aliphatic rings. The maximum Gasteiger partial charge on any atom is 0.152 e. The zero-order valence-corrected chi connectivity index (χ0v) is 14.9. The van der Waals surface area contributed by atoms with Crippen molar-refractivity contribution in [2.75, 3.05) is 7.11 Å². The number of ether oxygens (including phenoxy) is 1. The summed E-state index contributed by atoms with van der Waals surface area (Å²) >= 11 is 0. The van der Waals surface area contributed by atoms with Crippen LogP contribution in [0.3, 0.4) is 0 Å². The number of hydrogen-bond acceptors (Lipinski definition) is 3. The van der Waals surface area contributed by atoms with Gasteiger partial charge in [-0.2, -0.15) is 0 Å². The van der Waals surface area contributed by atoms with Crippen LogP contribution in [0.15, 0.2) is 24.3 Å². The molecule has 24 heavy (non-hydrogen) atoms. The Morgan fingerprint density at radius 2 is 1.67 bits per heavy atom. The maximum absolute atomic E-state index is 13.3. The predicted octanol–water partition coefficient (Wildman–Crippen LogP) is 5.09. The topological polar surface area (TPSA) is 39.2 Å². The van der Waals surface area contributed by atoms with Crippen molar-refractivity contribution in [3.05, 3.63) is 52.6 Å². The Balaban J connectivity index is 2.89. The lowest BCUT2D eigenvalue weighted by atomic mass is 9.88. The summed E-state index contributed by atoms with van der Waals surface area (Å²) in [6.45, 7) is 8.53. The monoisotopic (exact) mass is 329 g/mol. The number of aromatic nitrogens is 1. The van der Waals surface area contributed by atoms with E-state index >= 15 is 0 Å². The SMILES string of the molecule is COCc1c(C(C)C)nc(C(C)C)c(C=O)c1-c1ccc(F)cc1. The van der Waals surface area contributed by atoms with Gasteiger partial charge in [-0.15, -0.1) is 0 Å². The van der Waals surface area contributed by atoms with Gasteiger partial charge in [0.25, 0.3) is 0 Å². The van der Waals surface area contributed by atoms with Gasteiger partial charge in [-0.05, 0) is 29.5 Å². The van der Waals surface area contributed by atoms with E-state index in [2.05, 4.69) is 13.8 Å². The van der Waals surface area contributed by atoms with Crippen molar-refractivity contribution in [1.29, 1.82) is 0 Å². The molecule has 2 aromatic rings. The molecule has 4 heteroatoms. The fraction of sp³-hybridized carbons (Fsp3) is 0.400. The summed E-state index contributed by atoms with van der Waals surface area (Å²) < 4.78 is 18.7. The van der Waals surface area contributed by atoms with Crippen LogP contribution in [0.4, 0.5) is 4.39 Å². The highest BCUT2D eigenvalue weighted by Crippen LogP contribution is 2.36. The first-order valence-corrected chi connectivity index (χ1v) is 8.17. The minimum atomic E-state index is -0.304. The van der Waals surface area contributed by atoms with Gasteiger partial charge in [0.1, 0.15) is 5.82 Å². The number of benzene rings is 1. The van der Waals surface area contributed by atoms with E-state index < -0.39 is 0 Å². The molecule has 1 aromatic heterocycles. The molecular formula is C20H24FNO2. The molecule has 0 saturated heterocycles. The van der Waals surface area contributed by atoms with Crippen molar-refractivity contribution >= 4 is 6.29 Å². The highest BCUT2D eigenvalue weighted by molar-refractivity contribution is 5.91. The van der Waals surface area contributed by atoms with Crippen LogP contribution in [-0.2, 0) is 11.3 Å². The third-order valence-corrected chi connectivity index (χ3v) is 4.03. The number of halogens is 1. The second-order valence-corrected chi connectivity index (χ2v) is 6.52. The smallest absolute Gasteiger partial charge is 0.152 e. The predicted molar refractivity (Wildman–Crippen MR) is 93.9 cm³/mol. The molecule has 0 fully saturated rings. The second-order valence-electron chi connectivity index (χ2n) is 6.52. The van der Waals surface area contributed by atoms with Gasteiger partial charge in [0, 0.05) is 29.5 Å². The lowest BCUT2D eigenvalue weighted by Crippen LogP contribution is -2.12. The van der Waals surface area contributed by atoms with E-state index in [9.17, 15) is 9.18 Å². The summed E-state index contributed by atoms with van der Waals surface area (Å²) in [6, 6.07) is 6.21. The Bertz CT molecular complexity index is 721. The molecule has 1 heterocycles. The first-order valence-electron chi connectivity index (χ1n) is 8.17. The van der Waals surface area contributed by atoms with Crippen LogP contribution < -0.4 is 0 Å². The van der Waals surface area contributed by atoms with Crippen molar-refractivity contribution in [2.45, 2.75) is 46.1 Å². The van der Waals surface area contributed by atoms with Crippen molar-refractivity contribution in [2.24, 2.45) is 0 Å². The van der Waals surface area contributed by atoms with Gasteiger partial charge < -0.3 is 4.74 Å². The first kappa shape index (κ1) is 18.3. The average molecular weight is 329 g/mol. The Morgan fingerprint density at radius 1 is 1.08 bits per heavy atom. The fourth-order valence-electron chi connectivity index (χ4n) is 2.95. The van der Waals surface area contributed by atoms with Crippen molar-refractivity contribution in [3.8, 4) is 11.1 Å². The third-order valence-electron chi connectivity index (χ3n) is 4.03. The Labute approximate surface area is 142 Å². The van der Waals surface area contributed by atoms with Crippen LogP contribution in [0.1, 0.15) is 66.8 Å². The summed E-state index contributed by atoms with van der Waals surface area (Å²) in [5.41, 5.74) is 4.75. The minimum absolute atomic E-state index is 0.110. The number of aldehydes is 1. The lowest BCUT2D eigenvalue weighted by molar-refractivity contribution is 0.112. The highest BCUT2D eigenvalue weighted by atomic mass is 19.1. The van der Waals surface area contributed by atoms with Crippen LogP contribution in [-0.4, -0.2) is 18.4 Å². The molecule has 0 amide bonds. The number of carbonyl (C=O) groups excluding carboxylic acids is 1. The lowest BCUT2D eigenvalue weighted by Gasteiger charge is -2.22. The van der Waals surface area contributed by atoms with Crippen LogP contribution >= 0.6 is 0 Å². The van der Waals surface area contributed by atoms with E-state index in [-0.39, 0.29) is 17.7 Å². The summed E-state index contributed by atoms with van der Waals surface area (Å²) in [5.74, 6) is -0.00652. The number of hydrogen-bond donors (Lipinski definition) is 0. The number of carbonyl (C=O) groups is 1. The summed E-state index contributed by atoms with van der Waals surface area (Å²) in [4.78, 5) is 16.7. The molecule has 0 spiro atoms. The molecule has 0 N–H and O–H groups in total. The molecule has 128 valence electrons. The number of nitrogens with zero attached hydrogens (tertiary/aromatic N) is 1. The zero-order chi connectivity index (χ0) is 17.9.